The number of piperidine rings is 1. The molecule has 0 aromatic heterocycles. The maximum atomic E-state index is 13.7. The van der Waals surface area contributed by atoms with Crippen molar-refractivity contribution in [3.05, 3.63) is 34.9 Å². The summed E-state index contributed by atoms with van der Waals surface area (Å²) >= 11 is 6.10. The van der Waals surface area contributed by atoms with Crippen molar-refractivity contribution in [3.8, 4) is 0 Å². The number of likely N-dealkylation sites (tertiary alicyclic amines) is 1. The second kappa shape index (κ2) is 8.95. The fourth-order valence-electron chi connectivity index (χ4n) is 5.79. The van der Waals surface area contributed by atoms with Gasteiger partial charge in [0, 0.05) is 37.7 Å². The zero-order valence-electron chi connectivity index (χ0n) is 17.9. The molecule has 4 nitrogen and oxygen atoms in total. The number of benzene rings is 1. The Morgan fingerprint density at radius 2 is 1.66 bits per heavy atom. The number of ether oxygens (including phenoxy) is 1. The normalized spacial score (nSPS) is 28.6. The Bertz CT molecular complexity index is 683. The van der Waals surface area contributed by atoms with Crippen molar-refractivity contribution in [1.29, 1.82) is 0 Å². The molecule has 2 atom stereocenters. The van der Waals surface area contributed by atoms with E-state index in [4.69, 9.17) is 16.3 Å². The summed E-state index contributed by atoms with van der Waals surface area (Å²) in [6.45, 7) is 9.33. The molecule has 2 saturated heterocycles. The molecule has 1 aromatic rings. The van der Waals surface area contributed by atoms with Crippen LogP contribution in [0.1, 0.15) is 57.9 Å². The third kappa shape index (κ3) is 4.65. The summed E-state index contributed by atoms with van der Waals surface area (Å²) in [4.78, 5) is 18.4. The van der Waals surface area contributed by atoms with Crippen LogP contribution in [0.25, 0.3) is 0 Å². The van der Waals surface area contributed by atoms with Crippen molar-refractivity contribution in [1.82, 2.24) is 9.80 Å². The summed E-state index contributed by atoms with van der Waals surface area (Å²) in [7, 11) is 0. The molecular weight excluding hydrogens is 384 g/mol. The van der Waals surface area contributed by atoms with Crippen LogP contribution in [-0.4, -0.2) is 60.6 Å². The van der Waals surface area contributed by atoms with Crippen molar-refractivity contribution in [2.45, 2.75) is 70.0 Å². The predicted octanol–water partition coefficient (Wildman–Crippen LogP) is 4.50. The number of halogens is 1. The minimum Gasteiger partial charge on any atom is -0.373 e. The van der Waals surface area contributed by atoms with Crippen molar-refractivity contribution in [2.24, 2.45) is 5.92 Å². The first-order valence-corrected chi connectivity index (χ1v) is 11.8. The molecule has 5 heteroatoms. The first kappa shape index (κ1) is 21.1. The van der Waals surface area contributed by atoms with E-state index in [0.717, 1.165) is 81.8 Å². The van der Waals surface area contributed by atoms with E-state index in [2.05, 4.69) is 35.8 Å². The van der Waals surface area contributed by atoms with Gasteiger partial charge in [0.25, 0.3) is 0 Å². The van der Waals surface area contributed by atoms with E-state index in [1.54, 1.807) is 0 Å². The number of carbonyl (C=O) groups is 1. The number of nitrogens with zero attached hydrogens (tertiary/aromatic N) is 2. The Morgan fingerprint density at radius 1 is 1.07 bits per heavy atom. The predicted molar refractivity (Wildman–Crippen MR) is 117 cm³/mol. The van der Waals surface area contributed by atoms with E-state index in [0.29, 0.717) is 24.0 Å². The second-order valence-corrected chi connectivity index (χ2v) is 9.94. The molecule has 29 heavy (non-hydrogen) atoms. The van der Waals surface area contributed by atoms with Gasteiger partial charge in [0.2, 0.25) is 5.91 Å². The summed E-state index contributed by atoms with van der Waals surface area (Å²) < 4.78 is 5.87. The number of morpholine rings is 1. The van der Waals surface area contributed by atoms with Gasteiger partial charge in [-0.25, -0.2) is 0 Å². The van der Waals surface area contributed by atoms with Crippen LogP contribution >= 0.6 is 11.6 Å². The average molecular weight is 419 g/mol. The maximum Gasteiger partial charge on any atom is 0.233 e. The fourth-order valence-corrected chi connectivity index (χ4v) is 5.92. The van der Waals surface area contributed by atoms with Gasteiger partial charge in [-0.1, -0.05) is 36.6 Å². The molecule has 2 unspecified atom stereocenters. The van der Waals surface area contributed by atoms with Gasteiger partial charge in [0.05, 0.1) is 17.6 Å². The molecule has 0 N–H and O–H groups in total. The largest absolute Gasteiger partial charge is 0.373 e. The quantitative estimate of drug-likeness (QED) is 0.721. The number of hydrogen-bond donors (Lipinski definition) is 0. The summed E-state index contributed by atoms with van der Waals surface area (Å²) in [5.74, 6) is 1.04. The fraction of sp³-hybridized carbons (Fsp3) is 0.708. The van der Waals surface area contributed by atoms with Gasteiger partial charge in [-0.2, -0.15) is 0 Å². The Kier molecular flexibility index (Phi) is 6.53. The van der Waals surface area contributed by atoms with Crippen molar-refractivity contribution >= 4 is 17.5 Å². The van der Waals surface area contributed by atoms with Gasteiger partial charge >= 0.3 is 0 Å². The van der Waals surface area contributed by atoms with Gasteiger partial charge in [0.1, 0.15) is 0 Å². The highest BCUT2D eigenvalue weighted by molar-refractivity contribution is 6.30. The third-order valence-corrected chi connectivity index (χ3v) is 7.43. The zero-order chi connectivity index (χ0) is 20.4. The molecule has 1 aliphatic carbocycles. The van der Waals surface area contributed by atoms with Crippen LogP contribution in [0, 0.1) is 5.92 Å². The number of amides is 1. The molecule has 0 spiro atoms. The zero-order valence-corrected chi connectivity index (χ0v) is 18.7. The standard InChI is InChI=1S/C24H35ClN2O2/c1-18-15-26(16-19(2)29-18)17-20-9-13-27(14-10-20)23(28)24(11-3-4-12-24)21-5-7-22(25)8-6-21/h5-8,18-20H,3-4,9-17H2,1-2H3. The lowest BCUT2D eigenvalue weighted by Crippen LogP contribution is -2.51. The van der Waals surface area contributed by atoms with Gasteiger partial charge in [-0.15, -0.1) is 0 Å². The summed E-state index contributed by atoms with van der Waals surface area (Å²) in [6.07, 6.45) is 7.08. The lowest BCUT2D eigenvalue weighted by atomic mass is 9.77. The smallest absolute Gasteiger partial charge is 0.233 e. The molecule has 4 rings (SSSR count). The molecule has 2 aliphatic heterocycles. The summed E-state index contributed by atoms with van der Waals surface area (Å²) in [5, 5.41) is 0.738. The van der Waals surface area contributed by atoms with E-state index in [1.165, 1.54) is 0 Å². The van der Waals surface area contributed by atoms with Crippen LogP contribution in [0.5, 0.6) is 0 Å². The van der Waals surface area contributed by atoms with Crippen LogP contribution in [0.4, 0.5) is 0 Å². The maximum absolute atomic E-state index is 13.7. The van der Waals surface area contributed by atoms with Crippen LogP contribution in [0.2, 0.25) is 5.02 Å². The van der Waals surface area contributed by atoms with Gasteiger partial charge < -0.3 is 9.64 Å². The van der Waals surface area contributed by atoms with Crippen LogP contribution < -0.4 is 0 Å². The van der Waals surface area contributed by atoms with Crippen LogP contribution in [0.3, 0.4) is 0 Å². The molecule has 0 bridgehead atoms. The van der Waals surface area contributed by atoms with Crippen LogP contribution in [0.15, 0.2) is 24.3 Å². The molecular formula is C24H35ClN2O2. The Balaban J connectivity index is 1.37. The molecule has 160 valence electrons. The monoisotopic (exact) mass is 418 g/mol. The van der Waals surface area contributed by atoms with E-state index in [9.17, 15) is 4.79 Å². The minimum absolute atomic E-state index is 0.321. The van der Waals surface area contributed by atoms with Gasteiger partial charge in [-0.05, 0) is 63.1 Å². The molecule has 1 aromatic carbocycles. The molecule has 3 fully saturated rings. The Hall–Kier alpha value is -1.10. The van der Waals surface area contributed by atoms with E-state index in [1.807, 2.05) is 12.1 Å². The van der Waals surface area contributed by atoms with Gasteiger partial charge in [-0.3, -0.25) is 9.69 Å². The van der Waals surface area contributed by atoms with E-state index >= 15 is 0 Å². The lowest BCUT2D eigenvalue weighted by molar-refractivity contribution is -0.139. The SMILES string of the molecule is CC1CN(CC2CCN(C(=O)C3(c4ccc(Cl)cc4)CCCC3)CC2)CC(C)O1. The van der Waals surface area contributed by atoms with Crippen molar-refractivity contribution < 1.29 is 9.53 Å². The Morgan fingerprint density at radius 3 is 2.24 bits per heavy atom. The number of hydrogen-bond acceptors (Lipinski definition) is 3. The van der Waals surface area contributed by atoms with Crippen molar-refractivity contribution in [2.75, 3.05) is 32.7 Å². The summed E-state index contributed by atoms with van der Waals surface area (Å²) in [5.41, 5.74) is 0.828. The Labute approximate surface area is 180 Å². The molecule has 0 radical (unpaired) electrons. The molecule has 1 saturated carbocycles. The lowest BCUT2D eigenvalue weighted by Gasteiger charge is -2.41. The topological polar surface area (TPSA) is 32.8 Å². The average Bonchev–Trinajstić information content (AvgIpc) is 3.19. The first-order valence-electron chi connectivity index (χ1n) is 11.4. The van der Waals surface area contributed by atoms with Gasteiger partial charge in [0.15, 0.2) is 0 Å². The second-order valence-electron chi connectivity index (χ2n) is 9.51. The highest BCUT2D eigenvalue weighted by atomic mass is 35.5. The van der Waals surface area contributed by atoms with Crippen molar-refractivity contribution in [3.63, 3.8) is 0 Å². The first-order chi connectivity index (χ1) is 14.0. The number of carbonyl (C=O) groups excluding carboxylic acids is 1. The summed E-state index contributed by atoms with van der Waals surface area (Å²) in [6, 6.07) is 8.00. The highest BCUT2D eigenvalue weighted by Crippen LogP contribution is 2.43. The van der Waals surface area contributed by atoms with E-state index in [-0.39, 0.29) is 5.41 Å². The minimum atomic E-state index is -0.327. The van der Waals surface area contributed by atoms with Crippen LogP contribution in [-0.2, 0) is 14.9 Å². The third-order valence-electron chi connectivity index (χ3n) is 7.18. The molecule has 2 heterocycles. The van der Waals surface area contributed by atoms with E-state index < -0.39 is 0 Å². The molecule has 3 aliphatic rings. The number of rotatable bonds is 4. The molecule has 1 amide bonds. The highest BCUT2D eigenvalue weighted by Gasteiger charge is 2.45.